The van der Waals surface area contributed by atoms with E-state index in [0.717, 1.165) is 16.5 Å². The number of nitrogens with one attached hydrogen (secondary N) is 1. The molecule has 108 valence electrons. The number of aryl methyl sites for hydroxylation is 1. The molecule has 0 aromatic carbocycles. The Hall–Kier alpha value is -0.460. The summed E-state index contributed by atoms with van der Waals surface area (Å²) in [5.41, 5.74) is 0.781. The number of pyridine rings is 1. The van der Waals surface area contributed by atoms with E-state index in [9.17, 15) is 9.00 Å². The van der Waals surface area contributed by atoms with Gasteiger partial charge in [0.2, 0.25) is 0 Å². The third-order valence-electron chi connectivity index (χ3n) is 2.80. The molecule has 1 heterocycles. The highest BCUT2D eigenvalue weighted by molar-refractivity contribution is 9.10. The van der Waals surface area contributed by atoms with E-state index in [2.05, 4.69) is 20.7 Å². The van der Waals surface area contributed by atoms with Crippen molar-refractivity contribution >= 4 is 26.9 Å². The fraction of sp³-hybridized carbons (Fsp3) is 0.615. The van der Waals surface area contributed by atoms with Gasteiger partial charge >= 0.3 is 0 Å². The first kappa shape index (κ1) is 16.6. The summed E-state index contributed by atoms with van der Waals surface area (Å²) in [7, 11) is 0.539. The van der Waals surface area contributed by atoms with Crippen LogP contribution in [0.5, 0.6) is 0 Å². The fourth-order valence-electron chi connectivity index (χ4n) is 1.55. The summed E-state index contributed by atoms with van der Waals surface area (Å²) < 4.78 is 17.3. The van der Waals surface area contributed by atoms with Crippen LogP contribution in [0.1, 0.15) is 45.7 Å². The minimum atomic E-state index is -1.17. The van der Waals surface area contributed by atoms with Crippen LogP contribution in [0.15, 0.2) is 21.5 Å². The SMILES string of the molecule is CCC(N[S@@](=O)C(C)(C)C)c1cc(=O)n(C)cc1Br. The molecule has 19 heavy (non-hydrogen) atoms. The van der Waals surface area contributed by atoms with Crippen molar-refractivity contribution in [2.45, 2.75) is 44.9 Å². The number of hydrogen-bond donors (Lipinski definition) is 1. The third-order valence-corrected chi connectivity index (χ3v) is 5.07. The Labute approximate surface area is 125 Å². The number of halogens is 1. The van der Waals surface area contributed by atoms with Crippen LogP contribution >= 0.6 is 15.9 Å². The van der Waals surface area contributed by atoms with Crippen molar-refractivity contribution in [3.05, 3.63) is 32.7 Å². The van der Waals surface area contributed by atoms with E-state index >= 15 is 0 Å². The van der Waals surface area contributed by atoms with E-state index in [0.29, 0.717) is 0 Å². The number of nitrogens with zero attached hydrogens (tertiary/aromatic N) is 1. The highest BCUT2D eigenvalue weighted by Crippen LogP contribution is 2.25. The van der Waals surface area contributed by atoms with Gasteiger partial charge in [0.05, 0.1) is 15.7 Å². The zero-order valence-corrected chi connectivity index (χ0v) is 14.4. The molecular formula is C13H21BrN2O2S. The first-order valence-electron chi connectivity index (χ1n) is 6.21. The summed E-state index contributed by atoms with van der Waals surface area (Å²) >= 11 is 3.46. The van der Waals surface area contributed by atoms with Crippen LogP contribution in [0.3, 0.4) is 0 Å². The molecule has 0 aliphatic rings. The second-order valence-corrected chi connectivity index (χ2v) is 8.34. The maximum absolute atomic E-state index is 12.2. The van der Waals surface area contributed by atoms with E-state index < -0.39 is 11.0 Å². The monoisotopic (exact) mass is 348 g/mol. The molecule has 0 bridgehead atoms. The van der Waals surface area contributed by atoms with E-state index in [1.807, 2.05) is 27.7 Å². The van der Waals surface area contributed by atoms with E-state index in [4.69, 9.17) is 0 Å². The van der Waals surface area contributed by atoms with Gasteiger partial charge in [-0.2, -0.15) is 0 Å². The minimum absolute atomic E-state index is 0.0695. The minimum Gasteiger partial charge on any atom is -0.317 e. The van der Waals surface area contributed by atoms with E-state index in [-0.39, 0.29) is 16.3 Å². The van der Waals surface area contributed by atoms with Crippen LogP contribution in [0.25, 0.3) is 0 Å². The number of rotatable bonds is 4. The third kappa shape index (κ3) is 4.26. The molecule has 2 atom stereocenters. The summed E-state index contributed by atoms with van der Waals surface area (Å²) in [4.78, 5) is 11.7. The van der Waals surface area contributed by atoms with Gasteiger partial charge in [-0.3, -0.25) is 4.79 Å². The largest absolute Gasteiger partial charge is 0.317 e. The predicted octanol–water partition coefficient (Wildman–Crippen LogP) is 2.65. The summed E-state index contributed by atoms with van der Waals surface area (Å²) in [6.45, 7) is 7.76. The molecule has 0 saturated heterocycles. The van der Waals surface area contributed by atoms with Gasteiger partial charge < -0.3 is 4.57 Å². The number of aromatic nitrogens is 1. The Morgan fingerprint density at radius 2 is 2.05 bits per heavy atom. The van der Waals surface area contributed by atoms with Gasteiger partial charge in [0, 0.05) is 29.8 Å². The quantitative estimate of drug-likeness (QED) is 0.909. The predicted molar refractivity (Wildman–Crippen MR) is 83.4 cm³/mol. The molecule has 1 N–H and O–H groups in total. The van der Waals surface area contributed by atoms with Crippen LogP contribution in [0.4, 0.5) is 0 Å². The highest BCUT2D eigenvalue weighted by Gasteiger charge is 2.24. The molecule has 6 heteroatoms. The summed E-state index contributed by atoms with van der Waals surface area (Å²) in [5.74, 6) is 0. The molecular weight excluding hydrogens is 328 g/mol. The fourth-order valence-corrected chi connectivity index (χ4v) is 3.16. The zero-order valence-electron chi connectivity index (χ0n) is 12.0. The van der Waals surface area contributed by atoms with Gasteiger partial charge in [-0.25, -0.2) is 8.93 Å². The lowest BCUT2D eigenvalue weighted by Gasteiger charge is -2.24. The molecule has 0 aliphatic carbocycles. The van der Waals surface area contributed by atoms with Crippen molar-refractivity contribution in [2.24, 2.45) is 7.05 Å². The van der Waals surface area contributed by atoms with Crippen LogP contribution in [0, 0.1) is 0 Å². The Morgan fingerprint density at radius 3 is 2.53 bits per heavy atom. The lowest BCUT2D eigenvalue weighted by Crippen LogP contribution is -2.36. The first-order chi connectivity index (χ1) is 8.66. The van der Waals surface area contributed by atoms with Crippen LogP contribution in [0.2, 0.25) is 0 Å². The normalized spacial score (nSPS) is 15.3. The van der Waals surface area contributed by atoms with Gasteiger partial charge in [-0.1, -0.05) is 6.92 Å². The summed E-state index contributed by atoms with van der Waals surface area (Å²) in [6.07, 6.45) is 2.50. The molecule has 1 aromatic heterocycles. The molecule has 0 aliphatic heterocycles. The van der Waals surface area contributed by atoms with Gasteiger partial charge in [0.25, 0.3) is 5.56 Å². The van der Waals surface area contributed by atoms with Crippen LogP contribution < -0.4 is 10.3 Å². The van der Waals surface area contributed by atoms with Crippen molar-refractivity contribution in [2.75, 3.05) is 0 Å². The summed E-state index contributed by atoms with van der Waals surface area (Å²) in [5, 5.41) is 0. The zero-order chi connectivity index (χ0) is 14.8. The lowest BCUT2D eigenvalue weighted by atomic mass is 10.1. The van der Waals surface area contributed by atoms with Crippen molar-refractivity contribution in [3.63, 3.8) is 0 Å². The molecule has 4 nitrogen and oxygen atoms in total. The lowest BCUT2D eigenvalue weighted by molar-refractivity contribution is 0.585. The Kier molecular flexibility index (Phi) is 5.53. The van der Waals surface area contributed by atoms with Gasteiger partial charge in [0.1, 0.15) is 0 Å². The molecule has 1 rings (SSSR count). The van der Waals surface area contributed by atoms with Crippen molar-refractivity contribution in [1.82, 2.24) is 9.29 Å². The van der Waals surface area contributed by atoms with Gasteiger partial charge in [-0.15, -0.1) is 0 Å². The maximum atomic E-state index is 12.2. The molecule has 0 amide bonds. The van der Waals surface area contributed by atoms with E-state index in [1.165, 1.54) is 4.57 Å². The Morgan fingerprint density at radius 1 is 1.47 bits per heavy atom. The topological polar surface area (TPSA) is 51.1 Å². The van der Waals surface area contributed by atoms with Gasteiger partial charge in [0.15, 0.2) is 0 Å². The molecule has 0 spiro atoms. The van der Waals surface area contributed by atoms with Crippen molar-refractivity contribution in [3.8, 4) is 0 Å². The highest BCUT2D eigenvalue weighted by atomic mass is 79.9. The van der Waals surface area contributed by atoms with Crippen molar-refractivity contribution in [1.29, 1.82) is 0 Å². The van der Waals surface area contributed by atoms with Crippen LogP contribution in [-0.4, -0.2) is 13.5 Å². The molecule has 1 aromatic rings. The van der Waals surface area contributed by atoms with E-state index in [1.54, 1.807) is 19.3 Å². The molecule has 0 radical (unpaired) electrons. The summed E-state index contributed by atoms with van der Waals surface area (Å²) in [6, 6.07) is 1.48. The first-order valence-corrected chi connectivity index (χ1v) is 8.15. The Balaban J connectivity index is 3.08. The Bertz CT molecular complexity index is 534. The second-order valence-electron chi connectivity index (χ2n) is 5.49. The van der Waals surface area contributed by atoms with Crippen LogP contribution in [-0.2, 0) is 18.0 Å². The molecule has 1 unspecified atom stereocenters. The average Bonchev–Trinajstić information content (AvgIpc) is 2.29. The van der Waals surface area contributed by atoms with Gasteiger partial charge in [-0.05, 0) is 48.7 Å². The molecule has 0 saturated carbocycles. The number of hydrogen-bond acceptors (Lipinski definition) is 2. The molecule has 0 fully saturated rings. The average molecular weight is 349 g/mol. The second kappa shape index (κ2) is 6.33. The maximum Gasteiger partial charge on any atom is 0.250 e. The smallest absolute Gasteiger partial charge is 0.250 e. The van der Waals surface area contributed by atoms with Crippen molar-refractivity contribution < 1.29 is 4.21 Å². The standard InChI is InChI=1S/C13H21BrN2O2S/c1-6-11(15-19(18)13(2,3)4)9-7-12(17)16(5)8-10(9)14/h7-8,11,15H,6H2,1-5H3/t11?,19-/m0/s1.